The van der Waals surface area contributed by atoms with E-state index in [0.29, 0.717) is 0 Å². The lowest BCUT2D eigenvalue weighted by atomic mass is 12.0. The number of hydrogen-bond acceptors (Lipinski definition) is 0. The van der Waals surface area contributed by atoms with Crippen LogP contribution >= 0.6 is 0 Å². The molecular formula is CH8O2Si. The van der Waals surface area contributed by atoms with E-state index >= 15 is 0 Å². The van der Waals surface area contributed by atoms with Gasteiger partial charge in [-0.3, -0.25) is 0 Å². The lowest BCUT2D eigenvalue weighted by Gasteiger charge is -0.413. The van der Waals surface area contributed by atoms with Crippen LogP contribution in [-0.4, -0.2) is 21.9 Å². The van der Waals surface area contributed by atoms with Gasteiger partial charge in [0.25, 0.3) is 0 Å². The summed E-state index contributed by atoms with van der Waals surface area (Å²) in [6.07, 6.45) is 0. The van der Waals surface area contributed by atoms with Gasteiger partial charge < -0.3 is 11.0 Å². The second-order valence-electron chi connectivity index (χ2n) is 0. The minimum absolute atomic E-state index is 0. The maximum Gasteiger partial charge on any atom is 0 e. The molecule has 0 aliphatic rings. The lowest BCUT2D eigenvalue weighted by molar-refractivity contribution is 0.823. The van der Waals surface area contributed by atoms with Crippen LogP contribution in [0, 0.1) is 0 Å². The van der Waals surface area contributed by atoms with E-state index in [-0.39, 0.29) is 29.3 Å². The van der Waals surface area contributed by atoms with Crippen LogP contribution in [0.15, 0.2) is 0 Å². The SMILES string of the molecule is C.O.O.[Si]. The Morgan fingerprint density at radius 3 is 0.750 bits per heavy atom. The van der Waals surface area contributed by atoms with Crippen molar-refractivity contribution in [2.24, 2.45) is 0 Å². The Balaban J connectivity index is 0. The Hall–Kier alpha value is 0.137. The van der Waals surface area contributed by atoms with Crippen LogP contribution in [0.4, 0.5) is 0 Å². The maximum absolute atomic E-state index is 0. The molecule has 4 N–H and O–H groups in total. The lowest BCUT2D eigenvalue weighted by Crippen LogP contribution is -0.381. The molecule has 0 fully saturated rings. The number of hydrogen-bond donors (Lipinski definition) is 0. The normalized spacial score (nSPS) is 0. The van der Waals surface area contributed by atoms with Crippen LogP contribution in [0.1, 0.15) is 7.43 Å². The molecule has 0 aromatic heterocycles. The highest BCUT2D eigenvalue weighted by Crippen LogP contribution is 0.144. The van der Waals surface area contributed by atoms with Gasteiger partial charge in [0.2, 0.25) is 0 Å². The zero-order valence-electron chi connectivity index (χ0n) is 1.50. The molecule has 0 atom stereocenters. The third-order valence-corrected chi connectivity index (χ3v) is 0. The highest BCUT2D eigenvalue weighted by atomic mass is 28.1. The van der Waals surface area contributed by atoms with Crippen molar-refractivity contribution in [1.82, 2.24) is 0 Å². The molecule has 0 heterocycles. The van der Waals surface area contributed by atoms with Gasteiger partial charge >= 0.3 is 0 Å². The second-order valence-corrected chi connectivity index (χ2v) is 0. The molecule has 0 aromatic rings. The topological polar surface area (TPSA) is 63.0 Å². The van der Waals surface area contributed by atoms with Gasteiger partial charge in [0.15, 0.2) is 0 Å². The molecule has 2 nitrogen and oxygen atoms in total. The molecule has 4 radical (unpaired) electrons. The van der Waals surface area contributed by atoms with E-state index in [1.807, 2.05) is 0 Å². The minimum Gasteiger partial charge on any atom is -0.412 e. The van der Waals surface area contributed by atoms with Gasteiger partial charge in [0.1, 0.15) is 0 Å². The van der Waals surface area contributed by atoms with E-state index in [2.05, 4.69) is 0 Å². The van der Waals surface area contributed by atoms with Crippen molar-refractivity contribution in [3.63, 3.8) is 0 Å². The summed E-state index contributed by atoms with van der Waals surface area (Å²) < 4.78 is 0. The van der Waals surface area contributed by atoms with E-state index in [4.69, 9.17) is 0 Å². The van der Waals surface area contributed by atoms with Crippen molar-refractivity contribution < 1.29 is 11.0 Å². The molecule has 0 aliphatic carbocycles. The highest BCUT2D eigenvalue weighted by Gasteiger charge is 0.0000179. The molecule has 0 spiro atoms. The first-order chi connectivity index (χ1) is 0. The summed E-state index contributed by atoms with van der Waals surface area (Å²) in [5.74, 6) is 0. The second kappa shape index (κ2) is 764. The van der Waals surface area contributed by atoms with Crippen molar-refractivity contribution in [1.29, 1.82) is 0 Å². The van der Waals surface area contributed by atoms with Crippen LogP contribution in [0.3, 0.4) is 0 Å². The summed E-state index contributed by atoms with van der Waals surface area (Å²) in [5, 5.41) is 0. The molecule has 0 unspecified atom stereocenters. The van der Waals surface area contributed by atoms with Crippen LogP contribution in [-0.2, 0) is 0 Å². The van der Waals surface area contributed by atoms with E-state index in [0.717, 1.165) is 0 Å². The minimum atomic E-state index is 0. The molecule has 0 aliphatic heterocycles. The molecule has 3 heteroatoms. The molecule has 0 aromatic carbocycles. The Morgan fingerprint density at radius 2 is 0.750 bits per heavy atom. The summed E-state index contributed by atoms with van der Waals surface area (Å²) in [7, 11) is 0. The fourth-order valence-electron chi connectivity index (χ4n) is 0. The molecule has 28 valence electrons. The monoisotopic (exact) mass is 80.0 g/mol. The summed E-state index contributed by atoms with van der Waals surface area (Å²) in [5.41, 5.74) is 0. The van der Waals surface area contributed by atoms with Crippen LogP contribution < -0.4 is 0 Å². The van der Waals surface area contributed by atoms with Gasteiger partial charge in [-0.1, -0.05) is 7.43 Å². The third kappa shape index (κ3) is 147. The fourth-order valence-corrected chi connectivity index (χ4v) is 0. The summed E-state index contributed by atoms with van der Waals surface area (Å²) in [6, 6.07) is 0. The van der Waals surface area contributed by atoms with Crippen LogP contribution in [0.2, 0.25) is 0 Å². The van der Waals surface area contributed by atoms with Crippen molar-refractivity contribution >= 4 is 11.0 Å². The van der Waals surface area contributed by atoms with Gasteiger partial charge in [0, 0.05) is 11.0 Å². The Labute approximate surface area is 30.5 Å². The van der Waals surface area contributed by atoms with Gasteiger partial charge in [-0.05, 0) is 0 Å². The van der Waals surface area contributed by atoms with Gasteiger partial charge in [-0.25, -0.2) is 0 Å². The number of rotatable bonds is 0. The quantitative estimate of drug-likeness (QED) is 0.321. The van der Waals surface area contributed by atoms with E-state index < -0.39 is 0 Å². The standard InChI is InChI=1S/CH4.2H2O.Si/h1H4;2*1H2;. The van der Waals surface area contributed by atoms with E-state index in [1.165, 1.54) is 0 Å². The summed E-state index contributed by atoms with van der Waals surface area (Å²) in [6.45, 7) is 0. The van der Waals surface area contributed by atoms with Crippen LogP contribution in [0.25, 0.3) is 0 Å². The van der Waals surface area contributed by atoms with E-state index in [1.54, 1.807) is 0 Å². The van der Waals surface area contributed by atoms with Gasteiger partial charge in [-0.15, -0.1) is 0 Å². The third-order valence-electron chi connectivity index (χ3n) is 0. The first-order valence-electron chi connectivity index (χ1n) is 0. The Bertz CT molecular complexity index is 6.00. The van der Waals surface area contributed by atoms with Crippen molar-refractivity contribution in [2.45, 2.75) is 7.43 Å². The first kappa shape index (κ1) is 2170. The van der Waals surface area contributed by atoms with Crippen LogP contribution in [0.5, 0.6) is 0 Å². The predicted octanol–water partition coefficient (Wildman–Crippen LogP) is -1.39. The molecule has 0 bridgehead atoms. The Kier molecular flexibility index (Phi) is 415000. The molecule has 0 saturated carbocycles. The largest absolute Gasteiger partial charge is 0.412 e. The molecule has 0 rings (SSSR count). The highest BCUT2D eigenvalue weighted by molar-refractivity contribution is 5.75. The zero-order chi connectivity index (χ0) is 0. The zero-order valence-corrected chi connectivity index (χ0v) is 2.50. The summed E-state index contributed by atoms with van der Waals surface area (Å²) >= 11 is 0. The van der Waals surface area contributed by atoms with Gasteiger partial charge in [-0.2, -0.15) is 0 Å². The molecule has 4 heavy (non-hydrogen) atoms. The summed E-state index contributed by atoms with van der Waals surface area (Å²) in [4.78, 5) is 0. The molecule has 0 saturated heterocycles. The fraction of sp³-hybridized carbons (Fsp3) is 1.00. The van der Waals surface area contributed by atoms with Crippen molar-refractivity contribution in [2.75, 3.05) is 0 Å². The van der Waals surface area contributed by atoms with Gasteiger partial charge in [0.05, 0.1) is 0 Å². The van der Waals surface area contributed by atoms with E-state index in [9.17, 15) is 0 Å². The average Bonchev–Trinajstić information content (AvgIpc) is 0. The smallest absolute Gasteiger partial charge is 0 e. The maximum atomic E-state index is 0. The molecule has 0 amide bonds. The van der Waals surface area contributed by atoms with Crippen molar-refractivity contribution in [3.8, 4) is 0 Å². The van der Waals surface area contributed by atoms with Crippen molar-refractivity contribution in [3.05, 3.63) is 0 Å². The molecular weight excluding hydrogens is 72.1 g/mol. The average molecular weight is 80.2 g/mol. The predicted molar refractivity (Wildman–Crippen MR) is 19.7 cm³/mol. The Morgan fingerprint density at radius 1 is 0.750 bits per heavy atom. The first-order valence-corrected chi connectivity index (χ1v) is 0.